The summed E-state index contributed by atoms with van der Waals surface area (Å²) in [6.45, 7) is 0. The van der Waals surface area contributed by atoms with E-state index < -0.39 is 11.7 Å². The Hall–Kier alpha value is -1.99. The van der Waals surface area contributed by atoms with Crippen LogP contribution in [0.1, 0.15) is 11.1 Å². The third-order valence-corrected chi connectivity index (χ3v) is 4.47. The fourth-order valence-corrected chi connectivity index (χ4v) is 3.17. The van der Waals surface area contributed by atoms with Crippen molar-refractivity contribution in [2.24, 2.45) is 0 Å². The molecule has 0 saturated carbocycles. The zero-order valence-corrected chi connectivity index (χ0v) is 13.7. The Labute approximate surface area is 145 Å². The molecule has 0 bridgehead atoms. The van der Waals surface area contributed by atoms with Crippen molar-refractivity contribution in [1.29, 1.82) is 0 Å². The van der Waals surface area contributed by atoms with E-state index in [9.17, 15) is 13.2 Å². The summed E-state index contributed by atoms with van der Waals surface area (Å²) in [7, 11) is 0. The monoisotopic (exact) mass is 369 g/mol. The summed E-state index contributed by atoms with van der Waals surface area (Å²) in [5.74, 6) is 0.350. The summed E-state index contributed by atoms with van der Waals surface area (Å²) in [4.78, 5) is 0. The number of benzene rings is 2. The van der Waals surface area contributed by atoms with Crippen LogP contribution in [0.2, 0.25) is 5.02 Å². The Kier molecular flexibility index (Phi) is 4.82. The van der Waals surface area contributed by atoms with E-state index in [-0.39, 0.29) is 0 Å². The molecule has 0 aliphatic heterocycles. The van der Waals surface area contributed by atoms with Crippen molar-refractivity contribution in [3.63, 3.8) is 0 Å². The van der Waals surface area contributed by atoms with Gasteiger partial charge in [-0.1, -0.05) is 47.6 Å². The molecule has 0 atom stereocenters. The molecule has 3 aromatic rings. The van der Waals surface area contributed by atoms with Crippen LogP contribution < -0.4 is 0 Å². The normalized spacial score (nSPS) is 11.7. The highest BCUT2D eigenvalue weighted by Crippen LogP contribution is 2.31. The fraction of sp³-hybridized carbons (Fsp3) is 0.125. The second-order valence-corrected chi connectivity index (χ2v) is 6.33. The Bertz CT molecular complexity index is 848. The predicted molar refractivity (Wildman–Crippen MR) is 87.4 cm³/mol. The largest absolute Gasteiger partial charge is 0.416 e. The van der Waals surface area contributed by atoms with Gasteiger partial charge in [0.05, 0.1) is 11.3 Å². The Morgan fingerprint density at radius 2 is 1.88 bits per heavy atom. The van der Waals surface area contributed by atoms with Crippen molar-refractivity contribution >= 4 is 23.4 Å². The summed E-state index contributed by atoms with van der Waals surface area (Å²) in [6, 6.07) is 12.4. The third kappa shape index (κ3) is 3.91. The molecule has 8 heteroatoms. The molecule has 0 radical (unpaired) electrons. The first kappa shape index (κ1) is 16.9. The molecule has 0 saturated heterocycles. The molecule has 3 rings (SSSR count). The van der Waals surface area contributed by atoms with Gasteiger partial charge in [-0.15, -0.1) is 10.2 Å². The van der Waals surface area contributed by atoms with Crippen LogP contribution in [0.4, 0.5) is 13.2 Å². The number of hydrogen-bond acceptors (Lipinski definition) is 3. The first-order valence-corrected chi connectivity index (χ1v) is 8.25. The maximum absolute atomic E-state index is 12.8. The zero-order chi connectivity index (χ0) is 17.2. The molecule has 0 aliphatic carbocycles. The van der Waals surface area contributed by atoms with E-state index >= 15 is 0 Å². The van der Waals surface area contributed by atoms with E-state index in [1.807, 2.05) is 6.07 Å². The zero-order valence-electron chi connectivity index (χ0n) is 12.2. The van der Waals surface area contributed by atoms with Crippen LogP contribution in [-0.2, 0) is 11.9 Å². The number of rotatable bonds is 4. The summed E-state index contributed by atoms with van der Waals surface area (Å²) in [5.41, 5.74) is 0.700. The second kappa shape index (κ2) is 6.86. The van der Waals surface area contributed by atoms with Gasteiger partial charge in [-0.2, -0.15) is 13.2 Å². The minimum atomic E-state index is -4.35. The first-order valence-electron chi connectivity index (χ1n) is 6.88. The van der Waals surface area contributed by atoms with Crippen LogP contribution in [0.15, 0.2) is 60.0 Å². The highest BCUT2D eigenvalue weighted by atomic mass is 35.5. The van der Waals surface area contributed by atoms with Crippen LogP contribution >= 0.6 is 23.4 Å². The maximum atomic E-state index is 12.8. The SMILES string of the molecule is FC(F)(F)c1cccc(CSc2nncn2-c2cccc(Cl)c2)c1. The van der Waals surface area contributed by atoms with Gasteiger partial charge in [0.15, 0.2) is 5.16 Å². The first-order chi connectivity index (χ1) is 11.4. The van der Waals surface area contributed by atoms with E-state index in [4.69, 9.17) is 11.6 Å². The van der Waals surface area contributed by atoms with E-state index in [1.54, 1.807) is 35.2 Å². The van der Waals surface area contributed by atoms with Crippen LogP contribution in [0.3, 0.4) is 0 Å². The number of halogens is 4. The minimum Gasteiger partial charge on any atom is -0.277 e. The Morgan fingerprint density at radius 1 is 1.08 bits per heavy atom. The topological polar surface area (TPSA) is 30.7 Å². The lowest BCUT2D eigenvalue weighted by atomic mass is 10.1. The van der Waals surface area contributed by atoms with Gasteiger partial charge in [0, 0.05) is 10.8 Å². The smallest absolute Gasteiger partial charge is 0.277 e. The molecule has 3 nitrogen and oxygen atoms in total. The lowest BCUT2D eigenvalue weighted by Gasteiger charge is -2.09. The van der Waals surface area contributed by atoms with Gasteiger partial charge in [-0.3, -0.25) is 4.57 Å². The van der Waals surface area contributed by atoms with Crippen molar-refractivity contribution in [3.8, 4) is 5.69 Å². The summed E-state index contributed by atoms with van der Waals surface area (Å²) >= 11 is 7.29. The molecule has 0 unspecified atom stereocenters. The summed E-state index contributed by atoms with van der Waals surface area (Å²) in [5, 5.41) is 9.04. The molecule has 0 spiro atoms. The van der Waals surface area contributed by atoms with Crippen molar-refractivity contribution in [3.05, 3.63) is 71.0 Å². The molecule has 0 aliphatic rings. The highest BCUT2D eigenvalue weighted by Gasteiger charge is 2.30. The van der Waals surface area contributed by atoms with E-state index in [2.05, 4.69) is 10.2 Å². The van der Waals surface area contributed by atoms with Crippen molar-refractivity contribution < 1.29 is 13.2 Å². The van der Waals surface area contributed by atoms with E-state index in [0.717, 1.165) is 17.8 Å². The van der Waals surface area contributed by atoms with Crippen molar-refractivity contribution in [1.82, 2.24) is 14.8 Å². The Morgan fingerprint density at radius 3 is 2.62 bits per heavy atom. The van der Waals surface area contributed by atoms with Gasteiger partial charge in [0.1, 0.15) is 6.33 Å². The van der Waals surface area contributed by atoms with E-state index in [0.29, 0.717) is 21.5 Å². The average Bonchev–Trinajstić information content (AvgIpc) is 3.01. The summed E-state index contributed by atoms with van der Waals surface area (Å²) < 4.78 is 40.0. The highest BCUT2D eigenvalue weighted by molar-refractivity contribution is 7.98. The standard InChI is InChI=1S/C16H11ClF3N3S/c17-13-5-2-6-14(8-13)23-10-21-22-15(23)24-9-11-3-1-4-12(7-11)16(18,19)20/h1-8,10H,9H2. The molecule has 0 amide bonds. The molecular weight excluding hydrogens is 359 g/mol. The predicted octanol–water partition coefficient (Wildman–Crippen LogP) is 5.23. The van der Waals surface area contributed by atoms with Gasteiger partial charge in [-0.25, -0.2) is 0 Å². The molecular formula is C16H11ClF3N3S. The molecule has 124 valence electrons. The van der Waals surface area contributed by atoms with Gasteiger partial charge in [0.25, 0.3) is 0 Å². The lowest BCUT2D eigenvalue weighted by molar-refractivity contribution is -0.137. The fourth-order valence-electron chi connectivity index (χ4n) is 2.11. The van der Waals surface area contributed by atoms with Crippen molar-refractivity contribution in [2.75, 3.05) is 0 Å². The summed E-state index contributed by atoms with van der Waals surface area (Å²) in [6.07, 6.45) is -2.80. The number of nitrogens with zero attached hydrogens (tertiary/aromatic N) is 3. The maximum Gasteiger partial charge on any atom is 0.416 e. The van der Waals surface area contributed by atoms with Crippen LogP contribution in [0, 0.1) is 0 Å². The van der Waals surface area contributed by atoms with Crippen LogP contribution in [-0.4, -0.2) is 14.8 Å². The average molecular weight is 370 g/mol. The number of aromatic nitrogens is 3. The lowest BCUT2D eigenvalue weighted by Crippen LogP contribution is -2.05. The van der Waals surface area contributed by atoms with Crippen molar-refractivity contribution in [2.45, 2.75) is 17.1 Å². The van der Waals surface area contributed by atoms with Gasteiger partial charge >= 0.3 is 6.18 Å². The molecule has 1 heterocycles. The Balaban J connectivity index is 1.78. The number of hydrogen-bond donors (Lipinski definition) is 0. The molecule has 0 fully saturated rings. The van der Waals surface area contributed by atoms with E-state index in [1.165, 1.54) is 17.8 Å². The third-order valence-electron chi connectivity index (χ3n) is 3.23. The van der Waals surface area contributed by atoms with Gasteiger partial charge < -0.3 is 0 Å². The molecule has 2 aromatic carbocycles. The minimum absolute atomic E-state index is 0.350. The van der Waals surface area contributed by atoms with Crippen LogP contribution in [0.25, 0.3) is 5.69 Å². The molecule has 24 heavy (non-hydrogen) atoms. The van der Waals surface area contributed by atoms with Gasteiger partial charge in [-0.05, 0) is 29.8 Å². The molecule has 0 N–H and O–H groups in total. The number of thioether (sulfide) groups is 1. The van der Waals surface area contributed by atoms with Crippen LogP contribution in [0.5, 0.6) is 0 Å². The molecule has 1 aromatic heterocycles. The quantitative estimate of drug-likeness (QED) is 0.590. The van der Waals surface area contributed by atoms with Gasteiger partial charge in [0.2, 0.25) is 0 Å². The second-order valence-electron chi connectivity index (χ2n) is 4.95. The number of alkyl halides is 3.